The molecule has 3 aromatic rings. The van der Waals surface area contributed by atoms with Crippen molar-refractivity contribution in [2.75, 3.05) is 31.5 Å². The Labute approximate surface area is 183 Å². The Morgan fingerprint density at radius 1 is 0.750 bits per heavy atom. The Bertz CT molecular complexity index is 916. The number of aromatic nitrogens is 10. The molecule has 3 rings (SSSR count). The molecule has 32 heavy (non-hydrogen) atoms. The van der Waals surface area contributed by atoms with Gasteiger partial charge < -0.3 is 0 Å². The highest BCUT2D eigenvalue weighted by Crippen LogP contribution is 2.11. The minimum absolute atomic E-state index is 0.131. The van der Waals surface area contributed by atoms with Crippen LogP contribution < -0.4 is 5.32 Å². The number of nitrogens with one attached hydrogen (secondary N) is 3. The summed E-state index contributed by atoms with van der Waals surface area (Å²) >= 11 is 0. The second-order valence-corrected chi connectivity index (χ2v) is 6.16. The van der Waals surface area contributed by atoms with E-state index in [0.29, 0.717) is 11.6 Å². The smallest absolute Gasteiger partial charge is 0.289 e. The molecule has 0 spiro atoms. The molecule has 0 aliphatic carbocycles. The first-order chi connectivity index (χ1) is 15.6. The van der Waals surface area contributed by atoms with Crippen LogP contribution in [-0.2, 0) is 6.42 Å². The van der Waals surface area contributed by atoms with Crippen LogP contribution >= 0.6 is 0 Å². The van der Waals surface area contributed by atoms with Crippen LogP contribution in [0.15, 0.2) is 20.7 Å². The van der Waals surface area contributed by atoms with E-state index in [4.69, 9.17) is 0 Å². The van der Waals surface area contributed by atoms with E-state index in [1.54, 1.807) is 10.0 Å². The topological polar surface area (TPSA) is 203 Å². The number of H-pyrrole nitrogens is 2. The molecule has 3 N–H and O–H groups in total. The van der Waals surface area contributed by atoms with Gasteiger partial charge in [-0.25, -0.2) is 5.10 Å². The van der Waals surface area contributed by atoms with Crippen molar-refractivity contribution in [1.29, 1.82) is 0 Å². The van der Waals surface area contributed by atoms with E-state index in [2.05, 4.69) is 76.7 Å². The van der Waals surface area contributed by atoms with Crippen molar-refractivity contribution in [3.8, 4) is 0 Å². The summed E-state index contributed by atoms with van der Waals surface area (Å²) < 4.78 is 0. The lowest BCUT2D eigenvalue weighted by Crippen LogP contribution is -2.14. The number of rotatable bonds is 12. The number of aromatic amines is 2. The summed E-state index contributed by atoms with van der Waals surface area (Å²) in [5, 5.41) is 51.8. The third-order valence-electron chi connectivity index (χ3n) is 4.05. The van der Waals surface area contributed by atoms with Gasteiger partial charge in [-0.15, -0.1) is 30.6 Å². The van der Waals surface area contributed by atoms with Gasteiger partial charge in [0.15, 0.2) is 5.82 Å². The first-order valence-corrected chi connectivity index (χ1v) is 10.1. The third kappa shape index (κ3) is 6.41. The zero-order valence-electron chi connectivity index (χ0n) is 18.3. The molecular weight excluding hydrogens is 418 g/mol. The quantitative estimate of drug-likeness (QED) is 0.270. The lowest BCUT2D eigenvalue weighted by molar-refractivity contribution is 0.300. The predicted molar refractivity (Wildman–Crippen MR) is 111 cm³/mol. The van der Waals surface area contributed by atoms with Gasteiger partial charge in [-0.3, -0.25) is 20.4 Å². The zero-order valence-corrected chi connectivity index (χ0v) is 18.3. The number of hydrogen-bond acceptors (Lipinski definition) is 13. The molecule has 3 aromatic heterocycles. The van der Waals surface area contributed by atoms with Gasteiger partial charge in [-0.1, -0.05) is 20.7 Å². The minimum atomic E-state index is 0.131. The second kappa shape index (κ2) is 11.3. The summed E-state index contributed by atoms with van der Waals surface area (Å²) in [4.78, 5) is 8.36. The molecule has 17 heteroatoms. The molecule has 0 bridgehead atoms. The maximum absolute atomic E-state index is 4.23. The minimum Gasteiger partial charge on any atom is -0.289 e. The van der Waals surface area contributed by atoms with Crippen LogP contribution in [0, 0.1) is 0 Å². The SMILES string of the molecule is CCN(CC)N=Nc1n[nH]c(Cc2nnc(Nc3n[nH]c(N=NN(CC)CC)n3)nn2)n1. The molecule has 0 aliphatic heterocycles. The Balaban J connectivity index is 1.55. The van der Waals surface area contributed by atoms with Gasteiger partial charge >= 0.3 is 0 Å². The summed E-state index contributed by atoms with van der Waals surface area (Å²) in [5.74, 6) is 1.68. The monoisotopic (exact) mass is 443 g/mol. The standard InChI is InChI=1S/C15H25N17/c1-5-31(6-2)29-27-13-16-10(19-23-13)9-11-20-24-14(25-21-11)17-12-18-15(26-22-12)28-30-32(7-3)8-4/h5-9H2,1-4H3,(H,16,19,23)(H2,17,18,22,24,25,26). The van der Waals surface area contributed by atoms with Gasteiger partial charge in [0.05, 0.1) is 6.42 Å². The Hall–Kier alpha value is -4.18. The fourth-order valence-corrected chi connectivity index (χ4v) is 2.29. The normalized spacial score (nSPS) is 11.5. The summed E-state index contributed by atoms with van der Waals surface area (Å²) in [6.45, 7) is 10.9. The van der Waals surface area contributed by atoms with E-state index in [0.717, 1.165) is 26.2 Å². The van der Waals surface area contributed by atoms with Crippen LogP contribution in [0.5, 0.6) is 0 Å². The molecule has 0 amide bonds. The fraction of sp³-hybridized carbons (Fsp3) is 0.600. The number of hydrogen-bond donors (Lipinski definition) is 3. The fourth-order valence-electron chi connectivity index (χ4n) is 2.29. The molecule has 0 saturated carbocycles. The van der Waals surface area contributed by atoms with Gasteiger partial charge in [0.25, 0.3) is 23.8 Å². The van der Waals surface area contributed by atoms with E-state index in [1.807, 2.05) is 27.7 Å². The molecule has 17 nitrogen and oxygen atoms in total. The first-order valence-electron chi connectivity index (χ1n) is 10.1. The molecule has 170 valence electrons. The van der Waals surface area contributed by atoms with Gasteiger partial charge in [0, 0.05) is 26.2 Å². The highest BCUT2D eigenvalue weighted by molar-refractivity contribution is 5.41. The van der Waals surface area contributed by atoms with Crippen molar-refractivity contribution in [2.45, 2.75) is 34.1 Å². The highest BCUT2D eigenvalue weighted by atomic mass is 15.6. The predicted octanol–water partition coefficient (Wildman–Crippen LogP) is 1.52. The molecule has 0 saturated heterocycles. The van der Waals surface area contributed by atoms with E-state index >= 15 is 0 Å². The van der Waals surface area contributed by atoms with Crippen molar-refractivity contribution >= 4 is 23.8 Å². The largest absolute Gasteiger partial charge is 0.289 e. The van der Waals surface area contributed by atoms with Crippen LogP contribution in [0.4, 0.5) is 23.8 Å². The lowest BCUT2D eigenvalue weighted by Gasteiger charge is -2.10. The van der Waals surface area contributed by atoms with Crippen LogP contribution in [0.25, 0.3) is 0 Å². The van der Waals surface area contributed by atoms with Crippen molar-refractivity contribution in [2.24, 2.45) is 20.7 Å². The Morgan fingerprint density at radius 2 is 1.41 bits per heavy atom. The Kier molecular flexibility index (Phi) is 7.93. The lowest BCUT2D eigenvalue weighted by atomic mass is 10.4. The van der Waals surface area contributed by atoms with Crippen LogP contribution in [-0.4, -0.2) is 87.0 Å². The average Bonchev–Trinajstić information content (AvgIpc) is 3.46. The van der Waals surface area contributed by atoms with Gasteiger partial charge in [0.2, 0.25) is 0 Å². The molecule has 3 heterocycles. The van der Waals surface area contributed by atoms with Crippen molar-refractivity contribution in [3.05, 3.63) is 11.6 Å². The van der Waals surface area contributed by atoms with E-state index < -0.39 is 0 Å². The molecule has 0 unspecified atom stereocenters. The van der Waals surface area contributed by atoms with Crippen LogP contribution in [0.3, 0.4) is 0 Å². The maximum Gasteiger partial charge on any atom is 0.289 e. The third-order valence-corrected chi connectivity index (χ3v) is 4.05. The van der Waals surface area contributed by atoms with E-state index in [-0.39, 0.29) is 30.2 Å². The van der Waals surface area contributed by atoms with Crippen LogP contribution in [0.1, 0.15) is 39.3 Å². The zero-order chi connectivity index (χ0) is 22.8. The molecule has 0 aromatic carbocycles. The van der Waals surface area contributed by atoms with Crippen molar-refractivity contribution < 1.29 is 0 Å². The van der Waals surface area contributed by atoms with E-state index in [1.165, 1.54) is 0 Å². The number of nitrogens with zero attached hydrogens (tertiary/aromatic N) is 14. The van der Waals surface area contributed by atoms with Crippen molar-refractivity contribution in [3.63, 3.8) is 0 Å². The van der Waals surface area contributed by atoms with Crippen molar-refractivity contribution in [1.82, 2.24) is 60.8 Å². The van der Waals surface area contributed by atoms with Gasteiger partial charge in [-0.05, 0) is 27.7 Å². The van der Waals surface area contributed by atoms with Crippen LogP contribution in [0.2, 0.25) is 0 Å². The summed E-state index contributed by atoms with van der Waals surface area (Å²) in [6.07, 6.45) is 0.255. The summed E-state index contributed by atoms with van der Waals surface area (Å²) in [5.41, 5.74) is 0. The Morgan fingerprint density at radius 3 is 2.06 bits per heavy atom. The maximum atomic E-state index is 4.23. The molecule has 0 aliphatic rings. The van der Waals surface area contributed by atoms with E-state index in [9.17, 15) is 0 Å². The molecule has 0 atom stereocenters. The number of anilines is 2. The summed E-state index contributed by atoms with van der Waals surface area (Å²) in [7, 11) is 0. The second-order valence-electron chi connectivity index (χ2n) is 6.16. The van der Waals surface area contributed by atoms with Gasteiger partial charge in [-0.2, -0.15) is 9.97 Å². The molecular formula is C15H25N17. The first kappa shape index (κ1) is 22.5. The highest BCUT2D eigenvalue weighted by Gasteiger charge is 2.10. The average molecular weight is 443 g/mol. The summed E-state index contributed by atoms with van der Waals surface area (Å²) in [6, 6.07) is 0. The van der Waals surface area contributed by atoms with Gasteiger partial charge in [0.1, 0.15) is 5.82 Å². The molecule has 0 radical (unpaired) electrons. The molecule has 0 fully saturated rings.